The molecule has 0 radical (unpaired) electrons. The van der Waals surface area contributed by atoms with Gasteiger partial charge in [0.05, 0.1) is 12.8 Å². The summed E-state index contributed by atoms with van der Waals surface area (Å²) in [5.74, 6) is -0.759. The predicted molar refractivity (Wildman–Crippen MR) is 67.3 cm³/mol. The molecule has 1 heterocycles. The minimum absolute atomic E-state index is 0.218. The topological polar surface area (TPSA) is 90.4 Å². The maximum Gasteiger partial charge on any atom is 0.433 e. The zero-order valence-corrected chi connectivity index (χ0v) is 11.5. The van der Waals surface area contributed by atoms with E-state index < -0.39 is 23.2 Å². The van der Waals surface area contributed by atoms with Gasteiger partial charge in [0.2, 0.25) is 0 Å². The van der Waals surface area contributed by atoms with Crippen molar-refractivity contribution < 1.29 is 19.1 Å². The Morgan fingerprint density at radius 1 is 1.37 bits per heavy atom. The number of hydrogen-bond acceptors (Lipinski definition) is 5. The molecular formula is C12H18N2O5. The Kier molecular flexibility index (Phi) is 4.52. The lowest BCUT2D eigenvalue weighted by Crippen LogP contribution is -2.28. The molecule has 0 atom stereocenters. The Morgan fingerprint density at radius 3 is 2.53 bits per heavy atom. The van der Waals surface area contributed by atoms with Crippen LogP contribution in [-0.4, -0.2) is 34.1 Å². The smallest absolute Gasteiger partial charge is 0.433 e. The van der Waals surface area contributed by atoms with E-state index in [1.165, 1.54) is 0 Å². The van der Waals surface area contributed by atoms with Crippen LogP contribution in [0.3, 0.4) is 0 Å². The molecule has 0 aliphatic carbocycles. The number of H-pyrrole nitrogens is 1. The van der Waals surface area contributed by atoms with Crippen LogP contribution in [0.15, 0.2) is 11.0 Å². The number of ether oxygens (including phenoxy) is 2. The highest BCUT2D eigenvalue weighted by molar-refractivity contribution is 5.89. The zero-order valence-electron chi connectivity index (χ0n) is 11.5. The highest BCUT2D eigenvalue weighted by Gasteiger charge is 2.21. The van der Waals surface area contributed by atoms with Crippen molar-refractivity contribution in [3.63, 3.8) is 0 Å². The van der Waals surface area contributed by atoms with Gasteiger partial charge < -0.3 is 9.47 Å². The quantitative estimate of drug-likeness (QED) is 0.841. The fourth-order valence-corrected chi connectivity index (χ4v) is 1.22. The minimum atomic E-state index is -0.765. The van der Waals surface area contributed by atoms with Gasteiger partial charge in [-0.05, 0) is 27.2 Å². The molecule has 1 rings (SSSR count). The molecule has 0 bridgehead atoms. The predicted octanol–water partition coefficient (Wildman–Crippen LogP) is 1.53. The van der Waals surface area contributed by atoms with Gasteiger partial charge in [-0.2, -0.15) is 4.68 Å². The first kappa shape index (κ1) is 15.0. The molecule has 0 fully saturated rings. The monoisotopic (exact) mass is 270 g/mol. The van der Waals surface area contributed by atoms with Gasteiger partial charge in [-0.3, -0.25) is 9.89 Å². The molecular weight excluding hydrogens is 252 g/mol. The van der Waals surface area contributed by atoms with E-state index in [4.69, 9.17) is 9.47 Å². The second kappa shape index (κ2) is 5.73. The summed E-state index contributed by atoms with van der Waals surface area (Å²) in [4.78, 5) is 34.7. The average molecular weight is 270 g/mol. The number of nitrogens with zero attached hydrogens (tertiary/aromatic N) is 1. The molecule has 0 unspecified atom stereocenters. The molecule has 1 aromatic rings. The first-order chi connectivity index (χ1) is 8.74. The third kappa shape index (κ3) is 4.27. The van der Waals surface area contributed by atoms with Crippen molar-refractivity contribution in [1.29, 1.82) is 0 Å². The molecule has 0 saturated heterocycles. The van der Waals surface area contributed by atoms with Crippen molar-refractivity contribution in [3.8, 4) is 0 Å². The van der Waals surface area contributed by atoms with Crippen molar-refractivity contribution in [2.24, 2.45) is 0 Å². The molecule has 0 amide bonds. The van der Waals surface area contributed by atoms with Crippen LogP contribution in [0.2, 0.25) is 0 Å². The number of carbonyl (C=O) groups is 2. The molecule has 0 aliphatic rings. The molecule has 0 saturated carbocycles. The number of rotatable bonds is 3. The van der Waals surface area contributed by atoms with Gasteiger partial charge in [0.1, 0.15) is 11.2 Å². The summed E-state index contributed by atoms with van der Waals surface area (Å²) < 4.78 is 10.7. The lowest BCUT2D eigenvalue weighted by Gasteiger charge is -2.18. The summed E-state index contributed by atoms with van der Waals surface area (Å²) in [5, 5.41) is 2.21. The van der Waals surface area contributed by atoms with Crippen LogP contribution in [0.4, 0.5) is 4.79 Å². The molecule has 19 heavy (non-hydrogen) atoms. The minimum Gasteiger partial charge on any atom is -0.462 e. The number of carbonyl (C=O) groups excluding carboxylic acids is 2. The Balaban J connectivity index is 2.88. The van der Waals surface area contributed by atoms with E-state index in [0.29, 0.717) is 6.42 Å². The van der Waals surface area contributed by atoms with Gasteiger partial charge in [-0.25, -0.2) is 9.59 Å². The fraction of sp³-hybridized carbons (Fsp3) is 0.583. The van der Waals surface area contributed by atoms with Gasteiger partial charge >= 0.3 is 12.1 Å². The summed E-state index contributed by atoms with van der Waals surface area (Å²) in [6.07, 6.45) is 0.962. The third-order valence-electron chi connectivity index (χ3n) is 1.97. The van der Waals surface area contributed by atoms with Gasteiger partial charge in [0.15, 0.2) is 0 Å². The van der Waals surface area contributed by atoms with Crippen molar-refractivity contribution in [3.05, 3.63) is 22.1 Å². The molecule has 0 aromatic carbocycles. The second-order valence-electron chi connectivity index (χ2n) is 4.97. The summed E-state index contributed by atoms with van der Waals surface area (Å²) in [6.45, 7) is 7.15. The van der Waals surface area contributed by atoms with Gasteiger partial charge in [-0.1, -0.05) is 6.92 Å². The number of aromatic nitrogens is 2. The second-order valence-corrected chi connectivity index (χ2v) is 4.97. The maximum atomic E-state index is 11.7. The van der Waals surface area contributed by atoms with Crippen molar-refractivity contribution in [2.75, 3.05) is 6.61 Å². The Hall–Kier alpha value is -2.05. The van der Waals surface area contributed by atoms with E-state index in [2.05, 4.69) is 5.10 Å². The number of esters is 1. The summed E-state index contributed by atoms with van der Waals surface area (Å²) in [7, 11) is 0. The van der Waals surface area contributed by atoms with E-state index in [1.54, 1.807) is 20.8 Å². The third-order valence-corrected chi connectivity index (χ3v) is 1.97. The summed E-state index contributed by atoms with van der Waals surface area (Å²) in [5.41, 5.74) is -1.60. The Morgan fingerprint density at radius 2 is 2.00 bits per heavy atom. The van der Waals surface area contributed by atoms with Crippen LogP contribution in [0, 0.1) is 0 Å². The lowest BCUT2D eigenvalue weighted by atomic mass is 10.2. The zero-order chi connectivity index (χ0) is 14.6. The first-order valence-corrected chi connectivity index (χ1v) is 5.96. The molecule has 1 N–H and O–H groups in total. The molecule has 7 heteroatoms. The fourth-order valence-electron chi connectivity index (χ4n) is 1.22. The van der Waals surface area contributed by atoms with Crippen LogP contribution in [0.1, 0.15) is 44.5 Å². The lowest BCUT2D eigenvalue weighted by molar-refractivity contribution is 0.0503. The first-order valence-electron chi connectivity index (χ1n) is 5.96. The maximum absolute atomic E-state index is 11.7. The van der Waals surface area contributed by atoms with Crippen LogP contribution in [-0.2, 0) is 9.47 Å². The van der Waals surface area contributed by atoms with E-state index in [-0.39, 0.29) is 12.2 Å². The van der Waals surface area contributed by atoms with Crippen LogP contribution >= 0.6 is 0 Å². The Bertz CT molecular complexity index is 521. The normalized spacial score (nSPS) is 11.2. The number of aromatic amines is 1. The Labute approximate surface area is 110 Å². The standard InChI is InChI=1S/C12H18N2O5/c1-5-6-18-10(16)8-7-14(13-9(8)15)11(17)19-12(2,3)4/h7H,5-6H2,1-4H3,(H,13,15). The molecule has 1 aromatic heterocycles. The van der Waals surface area contributed by atoms with Gasteiger partial charge in [-0.15, -0.1) is 0 Å². The van der Waals surface area contributed by atoms with E-state index in [0.717, 1.165) is 10.9 Å². The number of hydrogen-bond donors (Lipinski definition) is 1. The van der Waals surface area contributed by atoms with Crippen molar-refractivity contribution in [2.45, 2.75) is 39.7 Å². The SMILES string of the molecule is CCCOC(=O)c1cn(C(=O)OC(C)(C)C)[nH]c1=O. The van der Waals surface area contributed by atoms with E-state index >= 15 is 0 Å². The molecule has 0 aliphatic heterocycles. The van der Waals surface area contributed by atoms with Crippen LogP contribution in [0.25, 0.3) is 0 Å². The molecule has 106 valence electrons. The van der Waals surface area contributed by atoms with Gasteiger partial charge in [0, 0.05) is 0 Å². The molecule has 7 nitrogen and oxygen atoms in total. The van der Waals surface area contributed by atoms with Crippen molar-refractivity contribution in [1.82, 2.24) is 9.78 Å². The number of nitrogens with one attached hydrogen (secondary N) is 1. The summed E-state index contributed by atoms with van der Waals surface area (Å²) >= 11 is 0. The summed E-state index contributed by atoms with van der Waals surface area (Å²) in [6, 6.07) is 0. The highest BCUT2D eigenvalue weighted by Crippen LogP contribution is 2.08. The van der Waals surface area contributed by atoms with E-state index in [9.17, 15) is 14.4 Å². The highest BCUT2D eigenvalue weighted by atomic mass is 16.6. The molecule has 0 spiro atoms. The largest absolute Gasteiger partial charge is 0.462 e. The average Bonchev–Trinajstić information content (AvgIpc) is 2.66. The van der Waals surface area contributed by atoms with Crippen LogP contribution in [0.5, 0.6) is 0 Å². The van der Waals surface area contributed by atoms with Crippen molar-refractivity contribution >= 4 is 12.1 Å². The van der Waals surface area contributed by atoms with Crippen LogP contribution < -0.4 is 5.56 Å². The van der Waals surface area contributed by atoms with E-state index in [1.807, 2.05) is 6.92 Å². The van der Waals surface area contributed by atoms with Gasteiger partial charge in [0.25, 0.3) is 5.56 Å².